The quantitative estimate of drug-likeness (QED) is 0.734. The third kappa shape index (κ3) is 2.68. The molecule has 116 valence electrons. The molecule has 4 nitrogen and oxygen atoms in total. The number of aromatic nitrogens is 2. The number of hydrogen-bond donors (Lipinski definition) is 1. The molecule has 2 aromatic heterocycles. The van der Waals surface area contributed by atoms with E-state index in [1.165, 1.54) is 16.6 Å². The van der Waals surface area contributed by atoms with E-state index in [9.17, 15) is 4.79 Å². The standard InChI is InChI=1S/C18H17N3OS/c1-12-19-13(11-23-12)6-7-18(22)21-9-8-17-15(10-21)14-4-2-3-5-16(14)20-17/h2-7,11,20H,8-10H2,1H3. The van der Waals surface area contributed by atoms with Gasteiger partial charge >= 0.3 is 0 Å². The number of carbonyl (C=O) groups excluding carboxylic acids is 1. The number of aryl methyl sites for hydroxylation is 1. The van der Waals surface area contributed by atoms with E-state index in [0.29, 0.717) is 6.54 Å². The third-order valence-electron chi connectivity index (χ3n) is 4.23. The molecule has 4 rings (SSSR count). The number of nitrogens with zero attached hydrogens (tertiary/aromatic N) is 2. The highest BCUT2D eigenvalue weighted by atomic mass is 32.1. The van der Waals surface area contributed by atoms with Gasteiger partial charge in [-0.3, -0.25) is 4.79 Å². The summed E-state index contributed by atoms with van der Waals surface area (Å²) in [5.41, 5.74) is 4.51. The molecule has 23 heavy (non-hydrogen) atoms. The van der Waals surface area contributed by atoms with Crippen molar-refractivity contribution in [1.82, 2.24) is 14.9 Å². The smallest absolute Gasteiger partial charge is 0.246 e. The summed E-state index contributed by atoms with van der Waals surface area (Å²) in [7, 11) is 0. The van der Waals surface area contributed by atoms with E-state index in [1.807, 2.05) is 29.3 Å². The Labute approximate surface area is 138 Å². The van der Waals surface area contributed by atoms with Crippen LogP contribution < -0.4 is 0 Å². The number of carbonyl (C=O) groups is 1. The van der Waals surface area contributed by atoms with Crippen LogP contribution in [0.25, 0.3) is 17.0 Å². The molecule has 0 aliphatic carbocycles. The Hall–Kier alpha value is -2.40. The molecule has 1 aliphatic rings. The monoisotopic (exact) mass is 323 g/mol. The maximum Gasteiger partial charge on any atom is 0.246 e. The number of hydrogen-bond acceptors (Lipinski definition) is 3. The molecule has 0 saturated heterocycles. The van der Waals surface area contributed by atoms with Gasteiger partial charge in [-0.25, -0.2) is 4.98 Å². The fourth-order valence-electron chi connectivity index (χ4n) is 3.07. The van der Waals surface area contributed by atoms with Crippen LogP contribution in [0, 0.1) is 6.92 Å². The Kier molecular flexibility index (Phi) is 3.50. The van der Waals surface area contributed by atoms with Crippen LogP contribution in [-0.4, -0.2) is 27.3 Å². The number of H-pyrrole nitrogens is 1. The number of para-hydroxylation sites is 1. The maximum absolute atomic E-state index is 12.5. The van der Waals surface area contributed by atoms with E-state index in [4.69, 9.17) is 0 Å². The highest BCUT2D eigenvalue weighted by molar-refractivity contribution is 7.09. The minimum atomic E-state index is 0.0478. The molecule has 1 aromatic carbocycles. The van der Waals surface area contributed by atoms with E-state index in [2.05, 4.69) is 22.1 Å². The van der Waals surface area contributed by atoms with Gasteiger partial charge in [0.1, 0.15) is 0 Å². The molecule has 1 amide bonds. The lowest BCUT2D eigenvalue weighted by Gasteiger charge is -2.26. The number of fused-ring (bicyclic) bond motifs is 3. The number of nitrogens with one attached hydrogen (secondary N) is 1. The van der Waals surface area contributed by atoms with Gasteiger partial charge in [0.2, 0.25) is 5.91 Å². The number of aromatic amines is 1. The van der Waals surface area contributed by atoms with E-state index in [1.54, 1.807) is 23.5 Å². The summed E-state index contributed by atoms with van der Waals surface area (Å²) in [5.74, 6) is 0.0478. The van der Waals surface area contributed by atoms with Crippen molar-refractivity contribution in [3.05, 3.63) is 57.7 Å². The topological polar surface area (TPSA) is 49.0 Å². The first-order chi connectivity index (χ1) is 11.2. The zero-order valence-corrected chi connectivity index (χ0v) is 13.7. The second-order valence-corrected chi connectivity index (χ2v) is 6.82. The lowest BCUT2D eigenvalue weighted by Crippen LogP contribution is -2.34. The normalized spacial score (nSPS) is 14.6. The van der Waals surface area contributed by atoms with Crippen molar-refractivity contribution in [1.29, 1.82) is 0 Å². The van der Waals surface area contributed by atoms with Gasteiger partial charge in [0, 0.05) is 53.1 Å². The van der Waals surface area contributed by atoms with E-state index in [-0.39, 0.29) is 5.91 Å². The first-order valence-electron chi connectivity index (χ1n) is 7.68. The van der Waals surface area contributed by atoms with Gasteiger partial charge in [0.15, 0.2) is 0 Å². The molecule has 3 aromatic rings. The van der Waals surface area contributed by atoms with Gasteiger partial charge in [-0.1, -0.05) is 18.2 Å². The van der Waals surface area contributed by atoms with Crippen LogP contribution in [0.5, 0.6) is 0 Å². The van der Waals surface area contributed by atoms with Gasteiger partial charge in [-0.2, -0.15) is 0 Å². The highest BCUT2D eigenvalue weighted by Gasteiger charge is 2.22. The van der Waals surface area contributed by atoms with Crippen LogP contribution in [0.3, 0.4) is 0 Å². The summed E-state index contributed by atoms with van der Waals surface area (Å²) < 4.78 is 0. The minimum absolute atomic E-state index is 0.0478. The Morgan fingerprint density at radius 2 is 2.26 bits per heavy atom. The molecule has 1 N–H and O–H groups in total. The van der Waals surface area contributed by atoms with Crippen molar-refractivity contribution in [3.63, 3.8) is 0 Å². The molecule has 1 aliphatic heterocycles. The predicted octanol–water partition coefficient (Wildman–Crippen LogP) is 3.53. The first-order valence-corrected chi connectivity index (χ1v) is 8.56. The van der Waals surface area contributed by atoms with Crippen molar-refractivity contribution in [2.24, 2.45) is 0 Å². The van der Waals surface area contributed by atoms with Crippen molar-refractivity contribution >= 4 is 34.2 Å². The summed E-state index contributed by atoms with van der Waals surface area (Å²) in [4.78, 5) is 22.2. The molecule has 0 fully saturated rings. The number of amides is 1. The molecule has 5 heteroatoms. The average molecular weight is 323 g/mol. The molecule has 0 radical (unpaired) electrons. The molecule has 0 atom stereocenters. The second kappa shape index (κ2) is 5.66. The van der Waals surface area contributed by atoms with Gasteiger partial charge in [-0.15, -0.1) is 11.3 Å². The van der Waals surface area contributed by atoms with Crippen LogP contribution in [0.4, 0.5) is 0 Å². The maximum atomic E-state index is 12.5. The van der Waals surface area contributed by atoms with Gasteiger partial charge in [0.25, 0.3) is 0 Å². The predicted molar refractivity (Wildman–Crippen MR) is 93.3 cm³/mol. The Morgan fingerprint density at radius 3 is 3.09 bits per heavy atom. The summed E-state index contributed by atoms with van der Waals surface area (Å²) >= 11 is 1.59. The molecule has 0 bridgehead atoms. The second-order valence-electron chi connectivity index (χ2n) is 5.76. The zero-order chi connectivity index (χ0) is 15.8. The van der Waals surface area contributed by atoms with E-state index >= 15 is 0 Å². The summed E-state index contributed by atoms with van der Waals surface area (Å²) in [6.07, 6.45) is 4.31. The fraction of sp³-hybridized carbons (Fsp3) is 0.222. The third-order valence-corrected chi connectivity index (χ3v) is 5.02. The van der Waals surface area contributed by atoms with Gasteiger partial charge < -0.3 is 9.88 Å². The van der Waals surface area contributed by atoms with Gasteiger partial charge in [-0.05, 0) is 19.1 Å². The van der Waals surface area contributed by atoms with Crippen molar-refractivity contribution in [3.8, 4) is 0 Å². The fourth-order valence-corrected chi connectivity index (χ4v) is 3.65. The average Bonchev–Trinajstić information content (AvgIpc) is 3.15. The zero-order valence-electron chi connectivity index (χ0n) is 12.9. The van der Waals surface area contributed by atoms with Crippen molar-refractivity contribution in [2.45, 2.75) is 19.9 Å². The Morgan fingerprint density at radius 1 is 1.39 bits per heavy atom. The number of rotatable bonds is 2. The van der Waals surface area contributed by atoms with Crippen LogP contribution in [-0.2, 0) is 17.8 Å². The molecular weight excluding hydrogens is 306 g/mol. The first kappa shape index (κ1) is 14.2. The van der Waals surface area contributed by atoms with Crippen LogP contribution in [0.1, 0.15) is 22.0 Å². The van der Waals surface area contributed by atoms with E-state index < -0.39 is 0 Å². The highest BCUT2D eigenvalue weighted by Crippen LogP contribution is 2.27. The molecule has 0 saturated carbocycles. The summed E-state index contributed by atoms with van der Waals surface area (Å²) in [5, 5.41) is 4.20. The van der Waals surface area contributed by atoms with Crippen molar-refractivity contribution < 1.29 is 4.79 Å². The molecule has 0 unspecified atom stereocenters. The molecule has 3 heterocycles. The lowest BCUT2D eigenvalue weighted by atomic mass is 10.0. The largest absolute Gasteiger partial charge is 0.358 e. The summed E-state index contributed by atoms with van der Waals surface area (Å²) in [6, 6.07) is 8.28. The SMILES string of the molecule is Cc1nc(C=CC(=O)N2CCc3[nH]c4ccccc4c3C2)cs1. The van der Waals surface area contributed by atoms with E-state index in [0.717, 1.165) is 29.2 Å². The Bertz CT molecular complexity index is 906. The Balaban J connectivity index is 1.55. The lowest BCUT2D eigenvalue weighted by molar-refractivity contribution is -0.126. The van der Waals surface area contributed by atoms with Crippen LogP contribution in [0.15, 0.2) is 35.7 Å². The molecule has 0 spiro atoms. The van der Waals surface area contributed by atoms with Crippen molar-refractivity contribution in [2.75, 3.05) is 6.54 Å². The van der Waals surface area contributed by atoms with Crippen LogP contribution in [0.2, 0.25) is 0 Å². The number of thiazole rings is 1. The van der Waals surface area contributed by atoms with Crippen LogP contribution >= 0.6 is 11.3 Å². The number of benzene rings is 1. The molecular formula is C18H17N3OS. The minimum Gasteiger partial charge on any atom is -0.358 e. The van der Waals surface area contributed by atoms with Gasteiger partial charge in [0.05, 0.1) is 10.7 Å². The summed E-state index contributed by atoms with van der Waals surface area (Å²) in [6.45, 7) is 3.38.